The molecule has 41 heavy (non-hydrogen) atoms. The zero-order valence-corrected chi connectivity index (χ0v) is 23.7. The average Bonchev–Trinajstić information content (AvgIpc) is 3.57. The van der Waals surface area contributed by atoms with Gasteiger partial charge < -0.3 is 31.1 Å². The lowest BCUT2D eigenvalue weighted by molar-refractivity contribution is -0.126. The molecule has 0 aliphatic carbocycles. The number of rotatable bonds is 11. The number of hydrogen-bond donors (Lipinski definition) is 4. The summed E-state index contributed by atoms with van der Waals surface area (Å²) in [5, 5.41) is 13.5. The lowest BCUT2D eigenvalue weighted by Gasteiger charge is -2.25. The molecular formula is C32H37N7O2. The predicted octanol–water partition coefficient (Wildman–Crippen LogP) is 4.20. The minimum absolute atomic E-state index is 0.281. The van der Waals surface area contributed by atoms with E-state index in [2.05, 4.69) is 26.6 Å². The van der Waals surface area contributed by atoms with E-state index in [-0.39, 0.29) is 5.91 Å². The second-order valence-corrected chi connectivity index (χ2v) is 11.0. The van der Waals surface area contributed by atoms with Crippen molar-refractivity contribution in [2.24, 2.45) is 11.5 Å². The molecule has 3 aromatic carbocycles. The third kappa shape index (κ3) is 6.48. The summed E-state index contributed by atoms with van der Waals surface area (Å²) in [6, 6.07) is 25.1. The summed E-state index contributed by atoms with van der Waals surface area (Å²) < 4.78 is 7.38. The third-order valence-electron chi connectivity index (χ3n) is 7.24. The Morgan fingerprint density at radius 3 is 2.34 bits per heavy atom. The molecule has 9 nitrogen and oxygen atoms in total. The van der Waals surface area contributed by atoms with Crippen molar-refractivity contribution in [3.8, 4) is 5.75 Å². The van der Waals surface area contributed by atoms with Gasteiger partial charge in [0.2, 0.25) is 5.91 Å². The van der Waals surface area contributed by atoms with Crippen LogP contribution < -0.4 is 21.5 Å². The van der Waals surface area contributed by atoms with Gasteiger partial charge in [-0.25, -0.2) is 0 Å². The van der Waals surface area contributed by atoms with E-state index in [1.165, 1.54) is 0 Å². The van der Waals surface area contributed by atoms with E-state index in [9.17, 15) is 4.79 Å². The lowest BCUT2D eigenvalue weighted by Crippen LogP contribution is -2.50. The number of amides is 1. The van der Waals surface area contributed by atoms with Gasteiger partial charge in [-0.15, -0.1) is 10.2 Å². The maximum Gasteiger partial charge on any atom is 0.240 e. The molecular weight excluding hydrogens is 514 g/mol. The Balaban J connectivity index is 1.57. The monoisotopic (exact) mass is 551 g/mol. The number of aromatic amines is 1. The number of nitrogens with two attached hydrogens (primary N) is 2. The number of H-pyrrole nitrogens is 1. The number of nitrogens with zero attached hydrogens (tertiary/aromatic N) is 3. The summed E-state index contributed by atoms with van der Waals surface area (Å²) >= 11 is 0. The molecule has 1 amide bonds. The number of methoxy groups -OCH3 is 1. The Bertz CT molecular complexity index is 1600. The quantitative estimate of drug-likeness (QED) is 0.194. The molecule has 0 spiro atoms. The number of benzene rings is 3. The first kappa shape index (κ1) is 28.1. The summed E-state index contributed by atoms with van der Waals surface area (Å²) in [6.45, 7) is 3.85. The first-order chi connectivity index (χ1) is 19.7. The maximum absolute atomic E-state index is 13.2. The maximum atomic E-state index is 13.2. The highest BCUT2D eigenvalue weighted by atomic mass is 16.5. The molecule has 6 N–H and O–H groups in total. The predicted molar refractivity (Wildman–Crippen MR) is 160 cm³/mol. The summed E-state index contributed by atoms with van der Waals surface area (Å²) in [5.41, 5.74) is 16.1. The average molecular weight is 552 g/mol. The molecule has 0 bridgehead atoms. The first-order valence-corrected chi connectivity index (χ1v) is 13.7. The van der Waals surface area contributed by atoms with Gasteiger partial charge in [0.25, 0.3) is 0 Å². The molecule has 2 heterocycles. The van der Waals surface area contributed by atoms with Crippen LogP contribution in [-0.2, 0) is 24.2 Å². The fourth-order valence-corrected chi connectivity index (χ4v) is 4.97. The van der Waals surface area contributed by atoms with Crippen LogP contribution in [0.15, 0.2) is 85.1 Å². The minimum atomic E-state index is -1.08. The van der Waals surface area contributed by atoms with Gasteiger partial charge in [-0.2, -0.15) is 0 Å². The number of para-hydroxylation sites is 1. The van der Waals surface area contributed by atoms with Crippen LogP contribution >= 0.6 is 0 Å². The number of ether oxygens (including phenoxy) is 1. The van der Waals surface area contributed by atoms with Crippen molar-refractivity contribution in [3.63, 3.8) is 0 Å². The van der Waals surface area contributed by atoms with Crippen molar-refractivity contribution < 1.29 is 9.53 Å². The van der Waals surface area contributed by atoms with Gasteiger partial charge in [0.15, 0.2) is 11.6 Å². The van der Waals surface area contributed by atoms with Crippen molar-refractivity contribution in [2.45, 2.75) is 50.9 Å². The summed E-state index contributed by atoms with van der Waals surface area (Å²) in [5.74, 6) is 1.75. The fourth-order valence-electron chi connectivity index (χ4n) is 4.97. The topological polar surface area (TPSA) is 137 Å². The van der Waals surface area contributed by atoms with Crippen molar-refractivity contribution in [1.29, 1.82) is 0 Å². The largest absolute Gasteiger partial charge is 0.497 e. The smallest absolute Gasteiger partial charge is 0.240 e. The molecule has 0 saturated carbocycles. The van der Waals surface area contributed by atoms with Crippen LogP contribution in [0.4, 0.5) is 0 Å². The number of carbonyl (C=O) groups is 1. The van der Waals surface area contributed by atoms with Gasteiger partial charge in [-0.1, -0.05) is 60.7 Å². The molecule has 0 fully saturated rings. The highest BCUT2D eigenvalue weighted by Crippen LogP contribution is 2.27. The molecule has 0 radical (unpaired) electrons. The van der Waals surface area contributed by atoms with Gasteiger partial charge in [0.05, 0.1) is 31.3 Å². The number of hydrogen-bond acceptors (Lipinski definition) is 6. The molecule has 212 valence electrons. The van der Waals surface area contributed by atoms with E-state index in [0.717, 1.165) is 33.3 Å². The van der Waals surface area contributed by atoms with Gasteiger partial charge >= 0.3 is 0 Å². The molecule has 5 rings (SSSR count). The van der Waals surface area contributed by atoms with Crippen LogP contribution in [0.5, 0.6) is 5.75 Å². The summed E-state index contributed by atoms with van der Waals surface area (Å²) in [7, 11) is 1.64. The SMILES string of the molecule is COc1ccc(Cn2c([C@@H](N)Cc3ccccc3)nnc2[C@@H](Cc2c[nH]c3ccccc23)NC(=O)C(C)(C)N)cc1. The van der Waals surface area contributed by atoms with Crippen molar-refractivity contribution in [2.75, 3.05) is 7.11 Å². The van der Waals surface area contributed by atoms with Crippen LogP contribution in [0.3, 0.4) is 0 Å². The van der Waals surface area contributed by atoms with E-state index in [1.54, 1.807) is 21.0 Å². The molecule has 0 aliphatic rings. The number of nitrogens with one attached hydrogen (secondary N) is 2. The minimum Gasteiger partial charge on any atom is -0.497 e. The molecule has 0 aliphatic heterocycles. The number of carbonyl (C=O) groups excluding carboxylic acids is 1. The van der Waals surface area contributed by atoms with Crippen LogP contribution in [0, 0.1) is 0 Å². The Labute approximate surface area is 239 Å². The second kappa shape index (κ2) is 12.0. The van der Waals surface area contributed by atoms with Crippen LogP contribution in [0.25, 0.3) is 10.9 Å². The van der Waals surface area contributed by atoms with Gasteiger partial charge in [-0.3, -0.25) is 4.79 Å². The Kier molecular flexibility index (Phi) is 8.19. The van der Waals surface area contributed by atoms with Gasteiger partial charge in [0, 0.05) is 23.5 Å². The van der Waals surface area contributed by atoms with Crippen LogP contribution in [0.2, 0.25) is 0 Å². The van der Waals surface area contributed by atoms with Crippen LogP contribution in [0.1, 0.15) is 54.3 Å². The second-order valence-electron chi connectivity index (χ2n) is 11.0. The van der Waals surface area contributed by atoms with Crippen molar-refractivity contribution >= 4 is 16.8 Å². The third-order valence-corrected chi connectivity index (χ3v) is 7.24. The van der Waals surface area contributed by atoms with E-state index in [1.807, 2.05) is 83.6 Å². The summed E-state index contributed by atoms with van der Waals surface area (Å²) in [6.07, 6.45) is 3.06. The lowest BCUT2D eigenvalue weighted by atomic mass is 10.0. The summed E-state index contributed by atoms with van der Waals surface area (Å²) in [4.78, 5) is 16.6. The van der Waals surface area contributed by atoms with E-state index in [0.29, 0.717) is 31.0 Å². The number of fused-ring (bicyclic) bond motifs is 1. The van der Waals surface area contributed by atoms with Crippen LogP contribution in [-0.4, -0.2) is 38.3 Å². The molecule has 0 saturated heterocycles. The first-order valence-electron chi connectivity index (χ1n) is 13.7. The molecule has 2 atom stereocenters. The zero-order valence-electron chi connectivity index (χ0n) is 23.7. The van der Waals surface area contributed by atoms with Gasteiger partial charge in [-0.05, 0) is 55.2 Å². The van der Waals surface area contributed by atoms with E-state index < -0.39 is 17.6 Å². The van der Waals surface area contributed by atoms with E-state index >= 15 is 0 Å². The van der Waals surface area contributed by atoms with Gasteiger partial charge in [0.1, 0.15) is 5.75 Å². The molecule has 5 aromatic rings. The highest BCUT2D eigenvalue weighted by molar-refractivity contribution is 5.86. The van der Waals surface area contributed by atoms with E-state index in [4.69, 9.17) is 16.2 Å². The Morgan fingerprint density at radius 1 is 0.951 bits per heavy atom. The highest BCUT2D eigenvalue weighted by Gasteiger charge is 2.30. The Morgan fingerprint density at radius 2 is 1.63 bits per heavy atom. The molecule has 0 unspecified atom stereocenters. The zero-order chi connectivity index (χ0) is 29.0. The Hall–Kier alpha value is -4.47. The van der Waals surface area contributed by atoms with Crippen molar-refractivity contribution in [1.82, 2.24) is 25.1 Å². The normalized spacial score (nSPS) is 13.2. The van der Waals surface area contributed by atoms with Crippen molar-refractivity contribution in [3.05, 3.63) is 113 Å². The molecule has 2 aromatic heterocycles. The fraction of sp³-hybridized carbons (Fsp3) is 0.281. The number of aromatic nitrogens is 4. The standard InChI is InChI=1S/C32H37N7O2/c1-32(2,34)31(40)36-28(18-23-19-35-27-12-8-7-11-25(23)27)30-38-37-29(26(33)17-21-9-5-4-6-10-21)39(30)20-22-13-15-24(41-3)16-14-22/h4-16,19,26,28,35H,17-18,20,33-34H2,1-3H3,(H,36,40)/t26-,28+/m0/s1. The molecule has 9 heteroatoms.